The fraction of sp³-hybridized carbons (Fsp3) is 1.00. The van der Waals surface area contributed by atoms with Crippen LogP contribution in [0.15, 0.2) is 0 Å². The number of quaternary nitrogens is 1. The van der Waals surface area contributed by atoms with Crippen LogP contribution in [0.5, 0.6) is 0 Å². The molecule has 1 saturated carbocycles. The number of nitrogens with zero attached hydrogens (tertiary/aromatic N) is 1. The van der Waals surface area contributed by atoms with E-state index < -0.39 is 0 Å². The second-order valence-electron chi connectivity index (χ2n) is 5.39. The van der Waals surface area contributed by atoms with Gasteiger partial charge < -0.3 is 0 Å². The van der Waals surface area contributed by atoms with Crippen molar-refractivity contribution in [3.8, 4) is 0 Å². The number of halogens is 2. The van der Waals surface area contributed by atoms with Gasteiger partial charge in [-0.2, -0.15) is 13.1 Å². The molecule has 1 nitrogen and oxygen atoms in total. The maximum absolute atomic E-state index is 6.74. The van der Waals surface area contributed by atoms with E-state index in [1.807, 2.05) is 0 Å². The van der Waals surface area contributed by atoms with Gasteiger partial charge >= 0.3 is 0 Å². The molecule has 16 heavy (non-hydrogen) atoms. The standard InChI is InChI=1S/C12H24ClINS/c1-15(13,14)12(8-4-2-5-9-12)16-10-6-3-7-11-16/h16H,2-11H2,1H3/q+1/t15-/m0/s1. The molecule has 1 aliphatic carbocycles. The summed E-state index contributed by atoms with van der Waals surface area (Å²) in [5, 5.41) is 0. The van der Waals surface area contributed by atoms with Gasteiger partial charge in [0.2, 0.25) is 0 Å². The zero-order valence-electron chi connectivity index (χ0n) is 10.2. The van der Waals surface area contributed by atoms with Gasteiger partial charge in [0.25, 0.3) is 22.9 Å². The van der Waals surface area contributed by atoms with Crippen molar-refractivity contribution in [3.05, 3.63) is 0 Å². The highest BCUT2D eigenvalue weighted by molar-refractivity contribution is 14.1. The molecule has 0 N–H and O–H groups in total. The molecular formula is C12H24ClINS+. The molecule has 0 amide bonds. The van der Waals surface area contributed by atoms with Gasteiger partial charge in [-0.1, -0.05) is 12.8 Å². The Bertz CT molecular complexity index is 230. The van der Waals surface area contributed by atoms with Crippen molar-refractivity contribution in [1.29, 1.82) is 0 Å². The van der Waals surface area contributed by atoms with Crippen LogP contribution in [0.2, 0.25) is 0 Å². The van der Waals surface area contributed by atoms with Crippen molar-refractivity contribution in [1.82, 2.24) is 0 Å². The topological polar surface area (TPSA) is 0 Å². The zero-order valence-corrected chi connectivity index (χ0v) is 14.0. The van der Waals surface area contributed by atoms with Crippen molar-refractivity contribution >= 4 is 45.5 Å². The molecule has 2 aliphatic rings. The first kappa shape index (κ1) is 13.8. The summed E-state index contributed by atoms with van der Waals surface area (Å²) in [6.45, 7) is 0. The van der Waals surface area contributed by atoms with Gasteiger partial charge in [0.05, 0.1) is 7.05 Å². The van der Waals surface area contributed by atoms with Gasteiger partial charge in [-0.05, 0) is 37.2 Å². The molecule has 96 valence electrons. The van der Waals surface area contributed by atoms with E-state index >= 15 is 0 Å². The van der Waals surface area contributed by atoms with Crippen molar-refractivity contribution in [2.75, 3.05) is 18.6 Å². The molecule has 0 aromatic carbocycles. The summed E-state index contributed by atoms with van der Waals surface area (Å²) in [7, 11) is 2.38. The largest absolute Gasteiger partial charge is 0.271 e. The Balaban J connectivity index is 2.18. The second-order valence-corrected chi connectivity index (χ2v) is 11.4. The first-order valence-electron chi connectivity index (χ1n) is 6.57. The van der Waals surface area contributed by atoms with Crippen LogP contribution in [-0.2, 0) is 0 Å². The third-order valence-corrected chi connectivity index (χ3v) is 9.81. The Labute approximate surface area is 122 Å². The SMILES string of the molecule is C[N@+](Cl)(I)C1([SH]2CCCCC2)CCCCC1. The Morgan fingerprint density at radius 3 is 2.00 bits per heavy atom. The van der Waals surface area contributed by atoms with E-state index in [1.165, 1.54) is 62.9 Å². The van der Waals surface area contributed by atoms with Gasteiger partial charge in [-0.15, -0.1) is 0 Å². The Kier molecular flexibility index (Phi) is 4.76. The predicted molar refractivity (Wildman–Crippen MR) is 84.4 cm³/mol. The molecule has 2 rings (SSSR count). The monoisotopic (exact) mass is 376 g/mol. The van der Waals surface area contributed by atoms with Crippen LogP contribution in [-0.4, -0.2) is 25.6 Å². The molecule has 0 radical (unpaired) electrons. The van der Waals surface area contributed by atoms with E-state index in [0.717, 1.165) is 0 Å². The number of rotatable bonds is 2. The van der Waals surface area contributed by atoms with E-state index in [2.05, 4.69) is 29.9 Å². The van der Waals surface area contributed by atoms with Gasteiger partial charge in [0.1, 0.15) is 0 Å². The zero-order chi connectivity index (χ0) is 11.6. The third kappa shape index (κ3) is 2.67. The van der Waals surface area contributed by atoms with Crippen molar-refractivity contribution in [3.63, 3.8) is 0 Å². The van der Waals surface area contributed by atoms with Crippen molar-refractivity contribution < 1.29 is 2.22 Å². The predicted octanol–water partition coefficient (Wildman–Crippen LogP) is 4.78. The lowest BCUT2D eigenvalue weighted by Gasteiger charge is -2.51. The molecule has 1 saturated heterocycles. The molecule has 0 aromatic rings. The molecule has 4 heteroatoms. The Morgan fingerprint density at radius 1 is 1.00 bits per heavy atom. The first-order chi connectivity index (χ1) is 7.56. The second kappa shape index (κ2) is 5.54. The van der Waals surface area contributed by atoms with Crippen LogP contribution in [0.4, 0.5) is 0 Å². The average Bonchev–Trinajstić information content (AvgIpc) is 2.30. The number of hydrogen-bond donors (Lipinski definition) is 1. The summed E-state index contributed by atoms with van der Waals surface area (Å²) in [6, 6.07) is 0. The van der Waals surface area contributed by atoms with Gasteiger partial charge in [-0.25, -0.2) is 0 Å². The highest BCUT2D eigenvalue weighted by atomic mass is 127. The minimum atomic E-state index is 0.171. The van der Waals surface area contributed by atoms with E-state index in [0.29, 0.717) is 7.09 Å². The number of hydrogen-bond acceptors (Lipinski definition) is 0. The molecule has 0 unspecified atom stereocenters. The molecule has 2 fully saturated rings. The van der Waals surface area contributed by atoms with Crippen molar-refractivity contribution in [2.24, 2.45) is 0 Å². The molecule has 0 bridgehead atoms. The fourth-order valence-corrected chi connectivity index (χ4v) is 8.98. The molecular weight excluding hydrogens is 353 g/mol. The van der Waals surface area contributed by atoms with Crippen LogP contribution in [0.1, 0.15) is 51.4 Å². The summed E-state index contributed by atoms with van der Waals surface area (Å²) in [5.74, 6) is 2.97. The maximum Gasteiger partial charge on any atom is 0.271 e. The molecule has 0 spiro atoms. The Hall–Kier alpha value is 1.33. The fourth-order valence-electron chi connectivity index (χ4n) is 3.39. The minimum absolute atomic E-state index is 0.171. The van der Waals surface area contributed by atoms with Crippen molar-refractivity contribution in [2.45, 2.75) is 56.2 Å². The van der Waals surface area contributed by atoms with E-state index in [4.69, 9.17) is 11.8 Å². The van der Waals surface area contributed by atoms with Gasteiger partial charge in [0, 0.05) is 12.8 Å². The minimum Gasteiger partial charge on any atom is -0.197 e. The average molecular weight is 377 g/mol. The highest BCUT2D eigenvalue weighted by Gasteiger charge is 2.52. The lowest BCUT2D eigenvalue weighted by Crippen LogP contribution is -2.51. The lowest BCUT2D eigenvalue weighted by molar-refractivity contribution is -0.651. The van der Waals surface area contributed by atoms with Gasteiger partial charge in [-0.3, -0.25) is 0 Å². The van der Waals surface area contributed by atoms with Crippen LogP contribution in [0.25, 0.3) is 0 Å². The lowest BCUT2D eigenvalue weighted by atomic mass is 9.95. The summed E-state index contributed by atoms with van der Waals surface area (Å²) >= 11 is 9.21. The summed E-state index contributed by atoms with van der Waals surface area (Å²) < 4.78 is 0.677. The van der Waals surface area contributed by atoms with Crippen LogP contribution in [0.3, 0.4) is 0 Å². The first-order valence-corrected chi connectivity index (χ1v) is 9.59. The quantitative estimate of drug-likeness (QED) is 0.400. The van der Waals surface area contributed by atoms with E-state index in [9.17, 15) is 0 Å². The summed E-state index contributed by atoms with van der Waals surface area (Å²) in [5.41, 5.74) is 0. The normalized spacial score (nSPS) is 32.1. The van der Waals surface area contributed by atoms with Crippen LogP contribution >= 0.6 is 45.5 Å². The smallest absolute Gasteiger partial charge is 0.197 e. The van der Waals surface area contributed by atoms with Gasteiger partial charge in [0.15, 0.2) is 16.6 Å². The molecule has 1 aliphatic heterocycles. The molecule has 1 heterocycles. The van der Waals surface area contributed by atoms with Crippen LogP contribution in [0, 0.1) is 0 Å². The maximum atomic E-state index is 6.74. The summed E-state index contributed by atoms with van der Waals surface area (Å²) in [6.07, 6.45) is 11.4. The van der Waals surface area contributed by atoms with E-state index in [-0.39, 0.29) is 10.9 Å². The highest BCUT2D eigenvalue weighted by Crippen LogP contribution is 2.59. The Morgan fingerprint density at radius 2 is 1.50 bits per heavy atom. The van der Waals surface area contributed by atoms with E-state index in [1.54, 1.807) is 0 Å². The molecule has 1 atom stereocenters. The summed E-state index contributed by atoms with van der Waals surface area (Å²) in [4.78, 5) is 0.441. The van der Waals surface area contributed by atoms with Crippen LogP contribution < -0.4 is 0 Å². The molecule has 0 aromatic heterocycles. The number of thiol groups is 1. The third-order valence-electron chi connectivity index (χ3n) is 4.33.